The number of carbonyl (C=O) groups excluding carboxylic acids is 2. The molecular formula is C23H21F2N5O3. The van der Waals surface area contributed by atoms with E-state index in [4.69, 9.17) is 9.72 Å². The molecule has 8 nitrogen and oxygen atoms in total. The Morgan fingerprint density at radius 2 is 2.06 bits per heavy atom. The molecule has 3 aromatic rings. The van der Waals surface area contributed by atoms with Gasteiger partial charge in [0.05, 0.1) is 28.8 Å². The summed E-state index contributed by atoms with van der Waals surface area (Å²) in [7, 11) is 0. The maximum absolute atomic E-state index is 14.1. The van der Waals surface area contributed by atoms with Gasteiger partial charge in [-0.3, -0.25) is 9.59 Å². The molecule has 2 fully saturated rings. The molecule has 0 unspecified atom stereocenters. The highest BCUT2D eigenvalue weighted by Crippen LogP contribution is 2.43. The number of nitrogens with one attached hydrogen (secondary N) is 2. The van der Waals surface area contributed by atoms with Crippen LogP contribution in [0.15, 0.2) is 30.6 Å². The monoisotopic (exact) mass is 453 g/mol. The summed E-state index contributed by atoms with van der Waals surface area (Å²) in [5, 5.41) is 5.07. The molecule has 2 atom stereocenters. The predicted molar refractivity (Wildman–Crippen MR) is 115 cm³/mol. The molecule has 3 aliphatic rings. The molecule has 10 heteroatoms. The van der Waals surface area contributed by atoms with Crippen molar-refractivity contribution in [1.29, 1.82) is 0 Å². The van der Waals surface area contributed by atoms with Crippen LogP contribution in [0.4, 0.5) is 14.5 Å². The van der Waals surface area contributed by atoms with E-state index < -0.39 is 11.8 Å². The average molecular weight is 453 g/mol. The van der Waals surface area contributed by atoms with Crippen LogP contribution < -0.4 is 15.4 Å². The lowest BCUT2D eigenvalue weighted by Gasteiger charge is -2.20. The number of anilines is 1. The fourth-order valence-corrected chi connectivity index (χ4v) is 4.52. The molecular weight excluding hydrogens is 432 g/mol. The van der Waals surface area contributed by atoms with Crippen molar-refractivity contribution in [2.75, 3.05) is 11.9 Å². The summed E-state index contributed by atoms with van der Waals surface area (Å²) in [4.78, 5) is 32.6. The largest absolute Gasteiger partial charge is 0.473 e. The summed E-state index contributed by atoms with van der Waals surface area (Å²) in [5.74, 6) is -4.47. The zero-order valence-corrected chi connectivity index (χ0v) is 17.8. The number of nitrogens with zero attached hydrogens (tertiary/aromatic N) is 3. The topological polar surface area (TPSA) is 98.1 Å². The van der Waals surface area contributed by atoms with E-state index in [0.717, 1.165) is 18.4 Å². The van der Waals surface area contributed by atoms with Gasteiger partial charge in [0.25, 0.3) is 5.91 Å². The van der Waals surface area contributed by atoms with Crippen LogP contribution in [-0.4, -0.2) is 39.0 Å². The van der Waals surface area contributed by atoms with E-state index in [1.807, 2.05) is 6.92 Å². The fourth-order valence-electron chi connectivity index (χ4n) is 4.52. The second-order valence-corrected chi connectivity index (χ2v) is 8.94. The van der Waals surface area contributed by atoms with Crippen LogP contribution in [0.25, 0.3) is 22.3 Å². The van der Waals surface area contributed by atoms with E-state index >= 15 is 0 Å². The molecule has 33 heavy (non-hydrogen) atoms. The fraction of sp³-hybridized carbons (Fsp3) is 0.391. The number of rotatable bonds is 5. The molecule has 1 aliphatic carbocycles. The van der Waals surface area contributed by atoms with Crippen molar-refractivity contribution < 1.29 is 23.1 Å². The number of hydrogen-bond donors (Lipinski definition) is 2. The van der Waals surface area contributed by atoms with E-state index in [1.165, 1.54) is 18.2 Å². The summed E-state index contributed by atoms with van der Waals surface area (Å²) in [6.45, 7) is 2.46. The van der Waals surface area contributed by atoms with Gasteiger partial charge in [0.1, 0.15) is 11.6 Å². The van der Waals surface area contributed by atoms with E-state index in [0.29, 0.717) is 41.7 Å². The number of hydrogen-bond acceptors (Lipinski definition) is 5. The minimum atomic E-state index is -3.55. The van der Waals surface area contributed by atoms with Crippen molar-refractivity contribution in [1.82, 2.24) is 19.9 Å². The van der Waals surface area contributed by atoms with Crippen molar-refractivity contribution in [3.63, 3.8) is 0 Å². The third-order valence-corrected chi connectivity index (χ3v) is 6.62. The van der Waals surface area contributed by atoms with Gasteiger partial charge in [-0.15, -0.1) is 0 Å². The summed E-state index contributed by atoms with van der Waals surface area (Å²) in [6.07, 6.45) is 4.01. The normalized spacial score (nSPS) is 22.2. The number of fused-ring (bicyclic) bond motifs is 2. The molecule has 2 aromatic heterocycles. The molecule has 170 valence electrons. The van der Waals surface area contributed by atoms with Gasteiger partial charge >= 0.3 is 5.92 Å². The van der Waals surface area contributed by atoms with Crippen molar-refractivity contribution in [3.05, 3.63) is 36.2 Å². The van der Waals surface area contributed by atoms with Gasteiger partial charge in [0, 0.05) is 30.5 Å². The number of imidazole rings is 1. The highest BCUT2D eigenvalue weighted by atomic mass is 19.3. The Morgan fingerprint density at radius 1 is 1.24 bits per heavy atom. The van der Waals surface area contributed by atoms with E-state index in [1.54, 1.807) is 12.4 Å². The first-order chi connectivity index (χ1) is 15.8. The highest BCUT2D eigenvalue weighted by molar-refractivity contribution is 6.04. The number of carbonyl (C=O) groups is 2. The van der Waals surface area contributed by atoms with Crippen molar-refractivity contribution in [2.45, 2.75) is 44.3 Å². The maximum atomic E-state index is 14.1. The summed E-state index contributed by atoms with van der Waals surface area (Å²) >= 11 is 0. The lowest BCUT2D eigenvalue weighted by atomic mass is 10.0. The van der Waals surface area contributed by atoms with Crippen molar-refractivity contribution in [3.8, 4) is 17.1 Å². The third-order valence-electron chi connectivity index (χ3n) is 6.62. The van der Waals surface area contributed by atoms with Crippen LogP contribution >= 0.6 is 0 Å². The van der Waals surface area contributed by atoms with Crippen LogP contribution in [-0.2, 0) is 15.5 Å². The summed E-state index contributed by atoms with van der Waals surface area (Å²) in [6, 6.07) is 6.41. The van der Waals surface area contributed by atoms with Crippen LogP contribution in [0.1, 0.15) is 37.8 Å². The second kappa shape index (κ2) is 6.97. The maximum Gasteiger partial charge on any atom is 0.352 e. The molecule has 1 aromatic carbocycles. The van der Waals surface area contributed by atoms with Crippen molar-refractivity contribution in [2.24, 2.45) is 5.92 Å². The molecule has 4 heterocycles. The van der Waals surface area contributed by atoms with Gasteiger partial charge in [-0.05, 0) is 38.0 Å². The van der Waals surface area contributed by atoms with Crippen LogP contribution in [0, 0.1) is 5.92 Å². The molecule has 1 saturated carbocycles. The number of benzene rings is 1. The third kappa shape index (κ3) is 3.23. The lowest BCUT2D eigenvalue weighted by Crippen LogP contribution is -2.26. The standard InChI is InChI=1S/C23H21F2N5O3/c1-11(13-7-19(31)26-9-13)33-21-20-18(27-10-30(20)14-3-4-14)8-16(28-21)12-2-5-15-17(6-12)29-22(32)23(15,24)25/h2,5-6,8,10-11,13-14H,3-4,7,9H2,1H3,(H,26,31)(H,29,32)/t11-,13-/m1/s1. The Kier molecular flexibility index (Phi) is 4.24. The Hall–Kier alpha value is -3.56. The quantitative estimate of drug-likeness (QED) is 0.617. The van der Waals surface area contributed by atoms with Gasteiger partial charge in [-0.25, -0.2) is 9.97 Å². The van der Waals surface area contributed by atoms with E-state index in [9.17, 15) is 18.4 Å². The number of ether oxygens (including phenoxy) is 1. The van der Waals surface area contributed by atoms with Gasteiger partial charge in [0.15, 0.2) is 0 Å². The van der Waals surface area contributed by atoms with Crippen LogP contribution in [0.5, 0.6) is 5.88 Å². The summed E-state index contributed by atoms with van der Waals surface area (Å²) in [5.41, 5.74) is 2.25. The predicted octanol–water partition coefficient (Wildman–Crippen LogP) is 3.38. The van der Waals surface area contributed by atoms with Crippen LogP contribution in [0.3, 0.4) is 0 Å². The number of amides is 2. The first-order valence-electron chi connectivity index (χ1n) is 11.0. The van der Waals surface area contributed by atoms with E-state index in [2.05, 4.69) is 20.2 Å². The van der Waals surface area contributed by atoms with E-state index in [-0.39, 0.29) is 29.2 Å². The zero-order chi connectivity index (χ0) is 22.9. The minimum absolute atomic E-state index is 0.00215. The molecule has 2 N–H and O–H groups in total. The molecule has 2 amide bonds. The number of pyridine rings is 1. The second-order valence-electron chi connectivity index (χ2n) is 8.94. The molecule has 2 aliphatic heterocycles. The lowest BCUT2D eigenvalue weighted by molar-refractivity contribution is -0.139. The number of alkyl halides is 2. The van der Waals surface area contributed by atoms with Crippen LogP contribution in [0.2, 0.25) is 0 Å². The smallest absolute Gasteiger partial charge is 0.352 e. The molecule has 6 rings (SSSR count). The minimum Gasteiger partial charge on any atom is -0.473 e. The Morgan fingerprint density at radius 3 is 2.79 bits per heavy atom. The first-order valence-corrected chi connectivity index (χ1v) is 11.0. The van der Waals surface area contributed by atoms with Gasteiger partial charge < -0.3 is 19.9 Å². The van der Waals surface area contributed by atoms with Crippen molar-refractivity contribution >= 4 is 28.5 Å². The first kappa shape index (κ1) is 20.1. The number of aromatic nitrogens is 3. The Bertz CT molecular complexity index is 1320. The SMILES string of the molecule is C[C@@H](Oc1nc(-c2ccc3c(c2)NC(=O)C3(F)F)cc2ncn(C3CC3)c12)[C@H]1CNC(=O)C1. The zero-order valence-electron chi connectivity index (χ0n) is 17.8. The van der Waals surface area contributed by atoms with Gasteiger partial charge in [-0.2, -0.15) is 8.78 Å². The molecule has 1 saturated heterocycles. The highest BCUT2D eigenvalue weighted by Gasteiger charge is 2.48. The Balaban J connectivity index is 1.42. The molecule has 0 radical (unpaired) electrons. The molecule has 0 spiro atoms. The Labute approximate surface area is 187 Å². The molecule has 0 bridgehead atoms. The van der Waals surface area contributed by atoms with Gasteiger partial charge in [-0.1, -0.05) is 6.07 Å². The van der Waals surface area contributed by atoms with Gasteiger partial charge in [0.2, 0.25) is 11.8 Å². The number of halogens is 2. The summed E-state index contributed by atoms with van der Waals surface area (Å²) < 4.78 is 36.5. The average Bonchev–Trinajstić information content (AvgIpc) is 3.30.